The zero-order chi connectivity index (χ0) is 11.5. The summed E-state index contributed by atoms with van der Waals surface area (Å²) in [6.07, 6.45) is -1.38. The van der Waals surface area contributed by atoms with Crippen LogP contribution in [-0.2, 0) is 6.18 Å². The van der Waals surface area contributed by atoms with E-state index in [2.05, 4.69) is 15.5 Å². The van der Waals surface area contributed by atoms with Gasteiger partial charge in [0.2, 0.25) is 0 Å². The molecule has 1 rings (SSSR count). The molecule has 0 saturated carbocycles. The zero-order valence-electron chi connectivity index (χ0n) is 8.44. The molecular formula is C9H12F3N3. The molecule has 15 heavy (non-hydrogen) atoms. The van der Waals surface area contributed by atoms with Crippen LogP contribution in [0.1, 0.15) is 17.0 Å². The zero-order valence-corrected chi connectivity index (χ0v) is 8.44. The van der Waals surface area contributed by atoms with E-state index in [-0.39, 0.29) is 5.56 Å². The number of rotatable bonds is 3. The summed E-state index contributed by atoms with van der Waals surface area (Å²) in [6.45, 7) is 2.07. The van der Waals surface area contributed by atoms with E-state index in [0.29, 0.717) is 12.2 Å². The highest BCUT2D eigenvalue weighted by Gasteiger charge is 2.36. The van der Waals surface area contributed by atoms with Gasteiger partial charge in [-0.05, 0) is 14.0 Å². The molecule has 0 radical (unpaired) electrons. The fourth-order valence-corrected chi connectivity index (χ4v) is 1.15. The number of aromatic amines is 1. The summed E-state index contributed by atoms with van der Waals surface area (Å²) >= 11 is 0. The molecule has 6 heteroatoms. The molecule has 0 aliphatic heterocycles. The molecule has 0 aliphatic rings. The molecule has 1 aromatic rings. The van der Waals surface area contributed by atoms with E-state index >= 15 is 0 Å². The smallest absolute Gasteiger partial charge is 0.316 e. The molecule has 0 saturated heterocycles. The summed E-state index contributed by atoms with van der Waals surface area (Å²) in [7, 11) is 1.72. The molecule has 0 aromatic carbocycles. The summed E-state index contributed by atoms with van der Waals surface area (Å²) in [5.74, 6) is 0. The number of nitrogens with one attached hydrogen (secondary N) is 2. The van der Waals surface area contributed by atoms with Crippen molar-refractivity contribution < 1.29 is 13.2 Å². The average molecular weight is 219 g/mol. The maximum absolute atomic E-state index is 12.4. The van der Waals surface area contributed by atoms with Crippen molar-refractivity contribution in [3.05, 3.63) is 23.0 Å². The lowest BCUT2D eigenvalue weighted by molar-refractivity contribution is -0.141. The normalized spacial score (nSPS) is 12.6. The van der Waals surface area contributed by atoms with Crippen LogP contribution in [0, 0.1) is 6.92 Å². The van der Waals surface area contributed by atoms with Gasteiger partial charge >= 0.3 is 6.18 Å². The van der Waals surface area contributed by atoms with Crippen molar-refractivity contribution >= 4 is 6.08 Å². The first-order valence-electron chi connectivity index (χ1n) is 4.40. The van der Waals surface area contributed by atoms with Gasteiger partial charge in [0, 0.05) is 17.8 Å². The van der Waals surface area contributed by atoms with Crippen molar-refractivity contribution in [2.24, 2.45) is 0 Å². The van der Waals surface area contributed by atoms with Gasteiger partial charge in [0.15, 0.2) is 5.69 Å². The molecule has 0 unspecified atom stereocenters. The predicted molar refractivity (Wildman–Crippen MR) is 51.3 cm³/mol. The Bertz CT molecular complexity index is 352. The number of likely N-dealkylation sites (N-methyl/N-ethyl adjacent to an activating group) is 1. The summed E-state index contributed by atoms with van der Waals surface area (Å²) in [5.41, 5.74) is -0.361. The van der Waals surface area contributed by atoms with Crippen molar-refractivity contribution in [2.75, 3.05) is 13.6 Å². The van der Waals surface area contributed by atoms with Crippen LogP contribution < -0.4 is 5.32 Å². The molecule has 3 nitrogen and oxygen atoms in total. The Kier molecular flexibility index (Phi) is 3.52. The van der Waals surface area contributed by atoms with E-state index < -0.39 is 11.9 Å². The van der Waals surface area contributed by atoms with Crippen LogP contribution in [0.5, 0.6) is 0 Å². The number of hydrogen-bond donors (Lipinski definition) is 2. The van der Waals surface area contributed by atoms with E-state index in [4.69, 9.17) is 0 Å². The van der Waals surface area contributed by atoms with Crippen LogP contribution in [0.3, 0.4) is 0 Å². The highest BCUT2D eigenvalue weighted by molar-refractivity contribution is 5.55. The Labute approximate surface area is 85.4 Å². The molecule has 0 amide bonds. The summed E-state index contributed by atoms with van der Waals surface area (Å²) < 4.78 is 37.3. The third-order valence-electron chi connectivity index (χ3n) is 1.87. The maximum Gasteiger partial charge on any atom is 0.435 e. The molecule has 84 valence electrons. The van der Waals surface area contributed by atoms with Gasteiger partial charge < -0.3 is 5.32 Å². The Morgan fingerprint density at radius 3 is 2.67 bits per heavy atom. The summed E-state index contributed by atoms with van der Waals surface area (Å²) in [6, 6.07) is 0. The molecule has 0 aliphatic carbocycles. The Morgan fingerprint density at radius 1 is 1.47 bits per heavy atom. The summed E-state index contributed by atoms with van der Waals surface area (Å²) in [4.78, 5) is 0. The number of hydrogen-bond acceptors (Lipinski definition) is 2. The van der Waals surface area contributed by atoms with E-state index in [1.54, 1.807) is 20.0 Å². The van der Waals surface area contributed by atoms with Crippen molar-refractivity contribution in [2.45, 2.75) is 13.1 Å². The van der Waals surface area contributed by atoms with Gasteiger partial charge in [-0.15, -0.1) is 0 Å². The van der Waals surface area contributed by atoms with Crippen molar-refractivity contribution in [1.82, 2.24) is 15.5 Å². The van der Waals surface area contributed by atoms with Gasteiger partial charge in [-0.3, -0.25) is 5.10 Å². The molecule has 0 fully saturated rings. The minimum Gasteiger partial charge on any atom is -0.316 e. The van der Waals surface area contributed by atoms with E-state index in [1.165, 1.54) is 6.08 Å². The number of H-pyrrole nitrogens is 1. The third-order valence-corrected chi connectivity index (χ3v) is 1.87. The monoisotopic (exact) mass is 219 g/mol. The van der Waals surface area contributed by atoms with Crippen LogP contribution >= 0.6 is 0 Å². The fraction of sp³-hybridized carbons (Fsp3) is 0.444. The van der Waals surface area contributed by atoms with Crippen molar-refractivity contribution in [3.8, 4) is 0 Å². The van der Waals surface area contributed by atoms with Crippen LogP contribution in [-0.4, -0.2) is 23.8 Å². The lowest BCUT2D eigenvalue weighted by atomic mass is 10.1. The first kappa shape index (κ1) is 11.8. The van der Waals surface area contributed by atoms with E-state index in [0.717, 1.165) is 0 Å². The second-order valence-corrected chi connectivity index (χ2v) is 3.07. The molecule has 2 N–H and O–H groups in total. The minimum atomic E-state index is -4.41. The van der Waals surface area contributed by atoms with Crippen LogP contribution in [0.4, 0.5) is 13.2 Å². The van der Waals surface area contributed by atoms with Crippen LogP contribution in [0.15, 0.2) is 6.08 Å². The first-order chi connectivity index (χ1) is 6.96. The minimum absolute atomic E-state index is 0.0951. The van der Waals surface area contributed by atoms with Gasteiger partial charge in [-0.25, -0.2) is 0 Å². The SMILES string of the molecule is CNCC=Cc1c(C(F)(F)F)n[nH]c1C. The fourth-order valence-electron chi connectivity index (χ4n) is 1.15. The number of alkyl halides is 3. The Balaban J connectivity index is 3.00. The topological polar surface area (TPSA) is 40.7 Å². The van der Waals surface area contributed by atoms with Gasteiger partial charge in [-0.1, -0.05) is 12.2 Å². The molecule has 0 spiro atoms. The number of nitrogens with zero attached hydrogens (tertiary/aromatic N) is 1. The maximum atomic E-state index is 12.4. The molecule has 0 bridgehead atoms. The highest BCUT2D eigenvalue weighted by atomic mass is 19.4. The van der Waals surface area contributed by atoms with Gasteiger partial charge in [0.05, 0.1) is 0 Å². The second-order valence-electron chi connectivity index (χ2n) is 3.07. The first-order valence-corrected chi connectivity index (χ1v) is 4.40. The molecule has 1 heterocycles. The van der Waals surface area contributed by atoms with Gasteiger partial charge in [0.25, 0.3) is 0 Å². The van der Waals surface area contributed by atoms with Crippen molar-refractivity contribution in [1.29, 1.82) is 0 Å². The highest BCUT2D eigenvalue weighted by Crippen LogP contribution is 2.31. The Morgan fingerprint density at radius 2 is 2.13 bits per heavy atom. The number of aromatic nitrogens is 2. The standard InChI is InChI=1S/C9H12F3N3/c1-6-7(4-3-5-13-2)8(15-14-6)9(10,11)12/h3-4,13H,5H2,1-2H3,(H,14,15). The lowest BCUT2D eigenvalue weighted by Gasteiger charge is -2.03. The number of aryl methyl sites for hydroxylation is 1. The molecule has 0 atom stereocenters. The van der Waals surface area contributed by atoms with Crippen LogP contribution in [0.2, 0.25) is 0 Å². The largest absolute Gasteiger partial charge is 0.435 e. The average Bonchev–Trinajstić information content (AvgIpc) is 2.48. The quantitative estimate of drug-likeness (QED) is 0.816. The van der Waals surface area contributed by atoms with Crippen molar-refractivity contribution in [3.63, 3.8) is 0 Å². The van der Waals surface area contributed by atoms with E-state index in [9.17, 15) is 13.2 Å². The Hall–Kier alpha value is -1.30. The van der Waals surface area contributed by atoms with Gasteiger partial charge in [-0.2, -0.15) is 18.3 Å². The third kappa shape index (κ3) is 2.82. The predicted octanol–water partition coefficient (Wildman–Crippen LogP) is 1.97. The summed E-state index contributed by atoms with van der Waals surface area (Å²) in [5, 5.41) is 8.38. The second kappa shape index (κ2) is 4.48. The van der Waals surface area contributed by atoms with Crippen LogP contribution in [0.25, 0.3) is 6.08 Å². The lowest BCUT2D eigenvalue weighted by Crippen LogP contribution is -2.08. The number of halogens is 3. The van der Waals surface area contributed by atoms with E-state index in [1.807, 2.05) is 0 Å². The molecular weight excluding hydrogens is 207 g/mol. The molecule has 1 aromatic heterocycles. The van der Waals surface area contributed by atoms with Gasteiger partial charge in [0.1, 0.15) is 0 Å².